The highest BCUT2D eigenvalue weighted by atomic mass is 16.5. The Morgan fingerprint density at radius 1 is 1.04 bits per heavy atom. The summed E-state index contributed by atoms with van der Waals surface area (Å²) >= 11 is 0. The van der Waals surface area contributed by atoms with Crippen LogP contribution in [0, 0.1) is 6.92 Å². The van der Waals surface area contributed by atoms with Crippen molar-refractivity contribution in [1.29, 1.82) is 0 Å². The molecule has 0 aromatic heterocycles. The summed E-state index contributed by atoms with van der Waals surface area (Å²) in [6.07, 6.45) is 5.92. The molecule has 3 nitrogen and oxygen atoms in total. The van der Waals surface area contributed by atoms with Crippen LogP contribution in [0.4, 0.5) is 0 Å². The van der Waals surface area contributed by atoms with Gasteiger partial charge in [0.25, 0.3) is 5.91 Å². The maximum Gasteiger partial charge on any atom is 0.261 e. The first-order valence-corrected chi connectivity index (χ1v) is 10.3. The van der Waals surface area contributed by atoms with Crippen molar-refractivity contribution in [3.8, 4) is 5.75 Å². The number of hydrogen-bond donors (Lipinski definition) is 1. The molecule has 0 fully saturated rings. The maximum atomic E-state index is 12.9. The minimum Gasteiger partial charge on any atom is -0.481 e. The predicted octanol–water partition coefficient (Wildman–Crippen LogP) is 5.30. The first-order chi connectivity index (χ1) is 13.1. The number of rotatable bonds is 7. The van der Waals surface area contributed by atoms with E-state index in [1.165, 1.54) is 36.0 Å². The van der Waals surface area contributed by atoms with Gasteiger partial charge in [0.1, 0.15) is 5.75 Å². The number of ether oxygens (including phenoxy) is 1. The van der Waals surface area contributed by atoms with E-state index in [0.717, 1.165) is 24.2 Å². The molecule has 0 saturated heterocycles. The van der Waals surface area contributed by atoms with E-state index in [4.69, 9.17) is 4.74 Å². The lowest BCUT2D eigenvalue weighted by Gasteiger charge is -2.24. The van der Waals surface area contributed by atoms with Crippen molar-refractivity contribution in [3.05, 3.63) is 64.7 Å². The molecule has 0 heterocycles. The van der Waals surface area contributed by atoms with Crippen LogP contribution >= 0.6 is 0 Å². The Labute approximate surface area is 163 Å². The Morgan fingerprint density at radius 3 is 2.52 bits per heavy atom. The van der Waals surface area contributed by atoms with E-state index >= 15 is 0 Å². The summed E-state index contributed by atoms with van der Waals surface area (Å²) in [5.41, 5.74) is 5.26. The number of aryl methyl sites for hydroxylation is 3. The first kappa shape index (κ1) is 19.5. The highest BCUT2D eigenvalue weighted by Crippen LogP contribution is 2.26. The number of hydrogen-bond acceptors (Lipinski definition) is 2. The van der Waals surface area contributed by atoms with Gasteiger partial charge in [-0.1, -0.05) is 44.2 Å². The molecule has 0 bridgehead atoms. The molecule has 1 aliphatic rings. The van der Waals surface area contributed by atoms with Crippen molar-refractivity contribution in [2.24, 2.45) is 0 Å². The molecule has 1 amide bonds. The van der Waals surface area contributed by atoms with Gasteiger partial charge >= 0.3 is 0 Å². The lowest BCUT2D eigenvalue weighted by atomic mass is 9.88. The molecular formula is C24H31NO2. The molecule has 3 heteroatoms. The molecule has 144 valence electrons. The Bertz CT molecular complexity index is 784. The number of nitrogens with one attached hydrogen (secondary N) is 1. The van der Waals surface area contributed by atoms with Crippen LogP contribution in [-0.4, -0.2) is 12.0 Å². The summed E-state index contributed by atoms with van der Waals surface area (Å²) in [6.45, 7) is 6.13. The van der Waals surface area contributed by atoms with E-state index < -0.39 is 6.10 Å². The number of carbonyl (C=O) groups excluding carboxylic acids is 1. The van der Waals surface area contributed by atoms with Gasteiger partial charge in [-0.05, 0) is 79.8 Å². The third kappa shape index (κ3) is 4.91. The topological polar surface area (TPSA) is 38.3 Å². The van der Waals surface area contributed by atoms with Gasteiger partial charge in [0.15, 0.2) is 6.10 Å². The van der Waals surface area contributed by atoms with Crippen LogP contribution in [0.5, 0.6) is 5.75 Å². The van der Waals surface area contributed by atoms with Crippen LogP contribution < -0.4 is 10.1 Å². The van der Waals surface area contributed by atoms with Crippen molar-refractivity contribution >= 4 is 5.91 Å². The predicted molar refractivity (Wildman–Crippen MR) is 110 cm³/mol. The molecule has 2 atom stereocenters. The van der Waals surface area contributed by atoms with E-state index in [1.54, 1.807) is 0 Å². The molecule has 27 heavy (non-hydrogen) atoms. The standard InChI is InChI=1S/C24H31NO2/c1-4-22(20-14-13-18-10-6-7-11-19(18)16-20)25-24(26)23(5-2)27-21-12-8-9-17(3)15-21/h8-9,12-16,22-23H,4-7,10-11H2,1-3H3,(H,25,26)/t22-,23+/m1/s1. The van der Waals surface area contributed by atoms with Gasteiger partial charge < -0.3 is 10.1 Å². The normalized spacial score (nSPS) is 15.5. The Morgan fingerprint density at radius 2 is 1.81 bits per heavy atom. The number of fused-ring (bicyclic) bond motifs is 1. The monoisotopic (exact) mass is 365 g/mol. The summed E-state index contributed by atoms with van der Waals surface area (Å²) in [5.74, 6) is 0.711. The van der Waals surface area contributed by atoms with Gasteiger partial charge in [0, 0.05) is 0 Å². The molecule has 2 aromatic rings. The van der Waals surface area contributed by atoms with Crippen LogP contribution in [-0.2, 0) is 17.6 Å². The second-order valence-corrected chi connectivity index (χ2v) is 7.54. The molecule has 2 aromatic carbocycles. The first-order valence-electron chi connectivity index (χ1n) is 10.3. The molecule has 0 aliphatic heterocycles. The van der Waals surface area contributed by atoms with E-state index in [-0.39, 0.29) is 11.9 Å². The summed E-state index contributed by atoms with van der Waals surface area (Å²) in [4.78, 5) is 12.9. The second-order valence-electron chi connectivity index (χ2n) is 7.54. The molecule has 0 spiro atoms. The number of benzene rings is 2. The van der Waals surface area contributed by atoms with E-state index in [0.29, 0.717) is 6.42 Å². The maximum absolute atomic E-state index is 12.9. The Kier molecular flexibility index (Phi) is 6.54. The Hall–Kier alpha value is -2.29. The van der Waals surface area contributed by atoms with Gasteiger partial charge in [-0.25, -0.2) is 0 Å². The highest BCUT2D eigenvalue weighted by Gasteiger charge is 2.22. The molecule has 1 aliphatic carbocycles. The zero-order valence-electron chi connectivity index (χ0n) is 16.8. The molecule has 0 radical (unpaired) electrons. The summed E-state index contributed by atoms with van der Waals surface area (Å²) < 4.78 is 5.97. The van der Waals surface area contributed by atoms with Crippen LogP contribution in [0.1, 0.15) is 67.8 Å². The van der Waals surface area contributed by atoms with Crippen LogP contribution in [0.25, 0.3) is 0 Å². The summed E-state index contributed by atoms with van der Waals surface area (Å²) in [5, 5.41) is 3.21. The van der Waals surface area contributed by atoms with Crippen molar-refractivity contribution < 1.29 is 9.53 Å². The minimum absolute atomic E-state index is 0.0277. The average molecular weight is 366 g/mol. The van der Waals surface area contributed by atoms with Crippen LogP contribution in [0.3, 0.4) is 0 Å². The van der Waals surface area contributed by atoms with Gasteiger partial charge in [-0.2, -0.15) is 0 Å². The smallest absolute Gasteiger partial charge is 0.261 e. The quantitative estimate of drug-likeness (QED) is 0.723. The minimum atomic E-state index is -0.474. The zero-order valence-corrected chi connectivity index (χ0v) is 16.8. The summed E-state index contributed by atoms with van der Waals surface area (Å²) in [7, 11) is 0. The molecule has 1 N–H and O–H groups in total. The number of amides is 1. The third-order valence-electron chi connectivity index (χ3n) is 5.43. The lowest BCUT2D eigenvalue weighted by molar-refractivity contribution is -0.128. The second kappa shape index (κ2) is 9.07. The zero-order chi connectivity index (χ0) is 19.2. The van der Waals surface area contributed by atoms with E-state index in [2.05, 4.69) is 30.4 Å². The van der Waals surface area contributed by atoms with Crippen molar-refractivity contribution in [3.63, 3.8) is 0 Å². The van der Waals surface area contributed by atoms with Gasteiger partial charge in [-0.15, -0.1) is 0 Å². The third-order valence-corrected chi connectivity index (χ3v) is 5.43. The van der Waals surface area contributed by atoms with Crippen molar-refractivity contribution in [2.75, 3.05) is 0 Å². The van der Waals surface area contributed by atoms with Gasteiger partial charge in [0.05, 0.1) is 6.04 Å². The van der Waals surface area contributed by atoms with Crippen molar-refractivity contribution in [1.82, 2.24) is 5.32 Å². The number of carbonyl (C=O) groups is 1. The van der Waals surface area contributed by atoms with Gasteiger partial charge in [0.2, 0.25) is 0 Å². The molecule has 0 saturated carbocycles. The van der Waals surface area contributed by atoms with Gasteiger partial charge in [-0.3, -0.25) is 4.79 Å². The largest absolute Gasteiger partial charge is 0.481 e. The molecule has 0 unspecified atom stereocenters. The van der Waals surface area contributed by atoms with E-state index in [1.807, 2.05) is 38.1 Å². The Balaban J connectivity index is 1.69. The molecular weight excluding hydrogens is 334 g/mol. The van der Waals surface area contributed by atoms with E-state index in [9.17, 15) is 4.79 Å². The van der Waals surface area contributed by atoms with Crippen molar-refractivity contribution in [2.45, 2.75) is 71.4 Å². The fourth-order valence-corrected chi connectivity index (χ4v) is 3.83. The molecule has 3 rings (SSSR count). The highest BCUT2D eigenvalue weighted by molar-refractivity contribution is 5.81. The van der Waals surface area contributed by atoms with Crippen LogP contribution in [0.15, 0.2) is 42.5 Å². The average Bonchev–Trinajstić information content (AvgIpc) is 2.69. The van der Waals surface area contributed by atoms with Crippen LogP contribution in [0.2, 0.25) is 0 Å². The SMILES string of the molecule is CC[C@H](Oc1cccc(C)c1)C(=O)N[C@H](CC)c1ccc2c(c1)CCCC2. The lowest BCUT2D eigenvalue weighted by Crippen LogP contribution is -2.40. The fourth-order valence-electron chi connectivity index (χ4n) is 3.83. The summed E-state index contributed by atoms with van der Waals surface area (Å²) in [6, 6.07) is 14.6. The fraction of sp³-hybridized carbons (Fsp3) is 0.458.